The quantitative estimate of drug-likeness (QED) is 0.794. The average molecular weight is 405 g/mol. The van der Waals surface area contributed by atoms with E-state index in [2.05, 4.69) is 29.4 Å². The Hall–Kier alpha value is -2.99. The number of rotatable bonds is 2. The summed E-state index contributed by atoms with van der Waals surface area (Å²) in [4.78, 5) is 23.9. The molecule has 0 saturated carbocycles. The monoisotopic (exact) mass is 404 g/mol. The van der Waals surface area contributed by atoms with E-state index in [1.807, 2.05) is 37.3 Å². The number of amides is 2. The maximum Gasteiger partial charge on any atom is 0.323 e. The first-order chi connectivity index (χ1) is 14.5. The number of pyridine rings is 1. The zero-order valence-electron chi connectivity index (χ0n) is 17.6. The topological polar surface area (TPSA) is 77.8 Å². The lowest BCUT2D eigenvalue weighted by atomic mass is 9.94. The highest BCUT2D eigenvalue weighted by molar-refractivity contribution is 6.05. The number of aryl methyl sites for hydroxylation is 1. The van der Waals surface area contributed by atoms with E-state index in [-0.39, 0.29) is 6.03 Å². The second kappa shape index (κ2) is 8.40. The minimum Gasteiger partial charge on any atom is -0.390 e. The fourth-order valence-corrected chi connectivity index (χ4v) is 3.97. The Balaban J connectivity index is 1.62. The van der Waals surface area contributed by atoms with Crippen LogP contribution in [0.15, 0.2) is 53.7 Å². The number of allylic oxidation sites excluding steroid dienone is 1. The van der Waals surface area contributed by atoms with E-state index in [0.29, 0.717) is 31.8 Å². The lowest BCUT2D eigenvalue weighted by molar-refractivity contribution is 0.00484. The molecule has 2 aliphatic heterocycles. The van der Waals surface area contributed by atoms with Crippen LogP contribution in [0.4, 0.5) is 10.5 Å². The van der Waals surface area contributed by atoms with Crippen LogP contribution >= 0.6 is 0 Å². The zero-order valence-corrected chi connectivity index (χ0v) is 17.6. The highest BCUT2D eigenvalue weighted by Crippen LogP contribution is 2.35. The zero-order chi connectivity index (χ0) is 21.1. The number of benzene rings is 1. The number of likely N-dealkylation sites (tertiary alicyclic amines) is 1. The van der Waals surface area contributed by atoms with Crippen molar-refractivity contribution >= 4 is 17.6 Å². The summed E-state index contributed by atoms with van der Waals surface area (Å²) in [6.07, 6.45) is 8.46. The van der Waals surface area contributed by atoms with Crippen LogP contribution in [-0.4, -0.2) is 45.5 Å². The fourth-order valence-electron chi connectivity index (χ4n) is 3.97. The molecule has 1 fully saturated rings. The second-order valence-electron chi connectivity index (χ2n) is 8.19. The van der Waals surface area contributed by atoms with Gasteiger partial charge in [-0.05, 0) is 61.9 Å². The van der Waals surface area contributed by atoms with Gasteiger partial charge >= 0.3 is 6.03 Å². The maximum absolute atomic E-state index is 12.8. The molecule has 6 nitrogen and oxygen atoms in total. The summed E-state index contributed by atoms with van der Waals surface area (Å²) in [6, 6.07) is 9.95. The van der Waals surface area contributed by atoms with Gasteiger partial charge in [-0.1, -0.05) is 31.2 Å². The first-order valence-corrected chi connectivity index (χ1v) is 10.6. The number of carbonyl (C=O) groups excluding carboxylic acids is 1. The predicted molar refractivity (Wildman–Crippen MR) is 119 cm³/mol. The number of fused-ring (bicyclic) bond motifs is 1. The lowest BCUT2D eigenvalue weighted by Gasteiger charge is -2.35. The Morgan fingerprint density at radius 2 is 2.03 bits per heavy atom. The molecule has 0 atom stereocenters. The molecule has 0 spiro atoms. The summed E-state index contributed by atoms with van der Waals surface area (Å²) >= 11 is 0. The second-order valence-corrected chi connectivity index (χ2v) is 8.19. The molecule has 30 heavy (non-hydrogen) atoms. The predicted octanol–water partition coefficient (Wildman–Crippen LogP) is 4.01. The summed E-state index contributed by atoms with van der Waals surface area (Å²) in [5.74, 6) is 0.545. The van der Waals surface area contributed by atoms with Crippen molar-refractivity contribution in [2.45, 2.75) is 45.1 Å². The Morgan fingerprint density at radius 3 is 2.73 bits per heavy atom. The molecule has 1 aromatic heterocycles. The third kappa shape index (κ3) is 4.28. The molecule has 2 N–H and O–H groups in total. The number of aromatic nitrogens is 1. The van der Waals surface area contributed by atoms with Gasteiger partial charge in [0.15, 0.2) is 0 Å². The maximum atomic E-state index is 12.8. The van der Waals surface area contributed by atoms with Gasteiger partial charge in [0.2, 0.25) is 0 Å². The molecular formula is C24H28N4O2. The van der Waals surface area contributed by atoms with Gasteiger partial charge in [-0.25, -0.2) is 9.79 Å². The van der Waals surface area contributed by atoms with Crippen molar-refractivity contribution < 1.29 is 9.90 Å². The molecule has 1 aromatic carbocycles. The fraction of sp³-hybridized carbons (Fsp3) is 0.375. The van der Waals surface area contributed by atoms with Crippen molar-refractivity contribution in [3.63, 3.8) is 0 Å². The van der Waals surface area contributed by atoms with Crippen LogP contribution in [0.25, 0.3) is 11.3 Å². The Bertz CT molecular complexity index is 986. The van der Waals surface area contributed by atoms with Crippen molar-refractivity contribution in [2.24, 2.45) is 4.99 Å². The van der Waals surface area contributed by atoms with Crippen LogP contribution in [0, 0.1) is 0 Å². The Labute approximate surface area is 177 Å². The summed E-state index contributed by atoms with van der Waals surface area (Å²) < 4.78 is 0. The van der Waals surface area contributed by atoms with Crippen LogP contribution in [0.1, 0.15) is 37.8 Å². The van der Waals surface area contributed by atoms with E-state index in [9.17, 15) is 9.90 Å². The summed E-state index contributed by atoms with van der Waals surface area (Å²) in [5, 5.41) is 13.1. The van der Waals surface area contributed by atoms with Crippen molar-refractivity contribution in [3.8, 4) is 11.3 Å². The van der Waals surface area contributed by atoms with E-state index in [1.54, 1.807) is 11.1 Å². The first kappa shape index (κ1) is 20.3. The van der Waals surface area contributed by atoms with Gasteiger partial charge in [0.05, 0.1) is 17.0 Å². The largest absolute Gasteiger partial charge is 0.390 e. The number of hydrogen-bond acceptors (Lipinski definition) is 4. The molecule has 0 bridgehead atoms. The van der Waals surface area contributed by atoms with Crippen molar-refractivity contribution in [3.05, 3.63) is 59.8 Å². The SMILES string of the molecule is CCc1ccc(-c2ccccn2)c2c1N=C(NC(=O)N1CCC(C)(O)CC1)C=CC2. The highest BCUT2D eigenvalue weighted by Gasteiger charge is 2.30. The van der Waals surface area contributed by atoms with Crippen molar-refractivity contribution in [1.29, 1.82) is 0 Å². The van der Waals surface area contributed by atoms with Crippen LogP contribution in [0.5, 0.6) is 0 Å². The minimum absolute atomic E-state index is 0.170. The molecular weight excluding hydrogens is 376 g/mol. The lowest BCUT2D eigenvalue weighted by Crippen LogP contribution is -2.49. The smallest absolute Gasteiger partial charge is 0.323 e. The van der Waals surface area contributed by atoms with Gasteiger partial charge in [-0.3, -0.25) is 10.3 Å². The average Bonchev–Trinajstić information content (AvgIpc) is 2.96. The van der Waals surface area contributed by atoms with Crippen molar-refractivity contribution in [1.82, 2.24) is 15.2 Å². The van der Waals surface area contributed by atoms with Crippen molar-refractivity contribution in [2.75, 3.05) is 13.1 Å². The molecule has 4 rings (SSSR count). The van der Waals surface area contributed by atoms with Gasteiger partial charge in [-0.2, -0.15) is 0 Å². The van der Waals surface area contributed by atoms with Crippen LogP contribution in [0.3, 0.4) is 0 Å². The van der Waals surface area contributed by atoms with E-state index < -0.39 is 5.60 Å². The number of aliphatic imine (C=N–C) groups is 1. The molecule has 2 aliphatic rings. The number of hydrogen-bond donors (Lipinski definition) is 2. The minimum atomic E-state index is -0.687. The normalized spacial score (nSPS) is 17.7. The van der Waals surface area contributed by atoms with Gasteiger partial charge in [-0.15, -0.1) is 0 Å². The molecule has 1 saturated heterocycles. The van der Waals surface area contributed by atoms with Gasteiger partial charge in [0, 0.05) is 24.8 Å². The molecule has 156 valence electrons. The Kier molecular flexibility index (Phi) is 5.68. The van der Waals surface area contributed by atoms with E-state index >= 15 is 0 Å². The number of nitrogens with one attached hydrogen (secondary N) is 1. The standard InChI is InChI=1S/C24H28N4O2/c1-3-17-10-11-18(20-8-4-5-14-25-20)19-7-6-9-21(26-22(17)19)27-23(29)28-15-12-24(2,30)13-16-28/h4-6,8-11,14,30H,3,7,12-13,15-16H2,1-2H3,(H,26,27,29). The molecule has 2 aromatic rings. The first-order valence-electron chi connectivity index (χ1n) is 10.6. The Morgan fingerprint density at radius 1 is 1.23 bits per heavy atom. The summed E-state index contributed by atoms with van der Waals surface area (Å²) in [5.41, 5.74) is 4.50. The highest BCUT2D eigenvalue weighted by atomic mass is 16.3. The van der Waals surface area contributed by atoms with Gasteiger partial charge < -0.3 is 10.0 Å². The number of amidine groups is 1. The molecule has 6 heteroatoms. The molecule has 2 amide bonds. The molecule has 0 radical (unpaired) electrons. The third-order valence-electron chi connectivity index (χ3n) is 5.88. The van der Waals surface area contributed by atoms with Crippen LogP contribution in [-0.2, 0) is 12.8 Å². The molecule has 0 unspecified atom stereocenters. The number of nitrogens with zero attached hydrogens (tertiary/aromatic N) is 3. The summed E-state index contributed by atoms with van der Waals surface area (Å²) in [6.45, 7) is 5.01. The number of carbonyl (C=O) groups is 1. The molecule has 3 heterocycles. The van der Waals surface area contributed by atoms with E-state index in [0.717, 1.165) is 40.9 Å². The van der Waals surface area contributed by atoms with Crippen LogP contribution < -0.4 is 5.32 Å². The van der Waals surface area contributed by atoms with Crippen LogP contribution in [0.2, 0.25) is 0 Å². The van der Waals surface area contributed by atoms with E-state index in [1.165, 1.54) is 0 Å². The summed E-state index contributed by atoms with van der Waals surface area (Å²) in [7, 11) is 0. The number of urea groups is 1. The third-order valence-corrected chi connectivity index (χ3v) is 5.88. The van der Waals surface area contributed by atoms with E-state index in [4.69, 9.17) is 4.99 Å². The molecule has 0 aliphatic carbocycles. The van der Waals surface area contributed by atoms with Gasteiger partial charge in [0.1, 0.15) is 5.84 Å². The number of piperidine rings is 1. The van der Waals surface area contributed by atoms with Gasteiger partial charge in [0.25, 0.3) is 0 Å². The number of aliphatic hydroxyl groups is 1.